The first-order chi connectivity index (χ1) is 6.68. The molecule has 76 valence electrons. The quantitative estimate of drug-likeness (QED) is 0.679. The molecule has 1 fully saturated rings. The average molecular weight is 194 g/mol. The van der Waals surface area contributed by atoms with Crippen molar-refractivity contribution in [3.05, 3.63) is 23.2 Å². The Balaban J connectivity index is 2.27. The van der Waals surface area contributed by atoms with Gasteiger partial charge in [0.15, 0.2) is 5.78 Å². The number of hydrogen-bond donors (Lipinski definition) is 0. The van der Waals surface area contributed by atoms with Crippen LogP contribution >= 0.6 is 0 Å². The minimum atomic E-state index is 0.0514. The van der Waals surface area contributed by atoms with E-state index in [2.05, 4.69) is 0 Å². The Morgan fingerprint density at radius 3 is 2.86 bits per heavy atom. The molecule has 14 heavy (non-hydrogen) atoms. The Kier molecular flexibility index (Phi) is 2.42. The molecule has 2 rings (SSSR count). The second-order valence-corrected chi connectivity index (χ2v) is 3.68. The van der Waals surface area contributed by atoms with Crippen molar-refractivity contribution in [2.24, 2.45) is 0 Å². The minimum absolute atomic E-state index is 0.0514. The Labute approximate surface area is 83.0 Å². The molecule has 0 N–H and O–H groups in total. The summed E-state index contributed by atoms with van der Waals surface area (Å²) in [6.45, 7) is 4.16. The molecule has 1 aliphatic rings. The number of ether oxygens (including phenoxy) is 1. The van der Waals surface area contributed by atoms with Crippen LogP contribution < -0.4 is 0 Å². The lowest BCUT2D eigenvalue weighted by atomic mass is 10.1. The van der Waals surface area contributed by atoms with Crippen molar-refractivity contribution in [1.29, 1.82) is 0 Å². The highest BCUT2D eigenvalue weighted by Gasteiger charge is 2.23. The molecule has 3 nitrogen and oxygen atoms in total. The topological polar surface area (TPSA) is 39.4 Å². The fourth-order valence-electron chi connectivity index (χ4n) is 1.82. The predicted molar refractivity (Wildman–Crippen MR) is 51.4 cm³/mol. The van der Waals surface area contributed by atoms with Gasteiger partial charge in [0.25, 0.3) is 0 Å². The Hall–Kier alpha value is -1.09. The maximum Gasteiger partial charge on any atom is 0.163 e. The number of carbonyl (C=O) groups excluding carboxylic acids is 1. The standard InChI is InChI=1S/C11H14O3/c1-7(12)9-6-11(14-8(9)2)10-4-3-5-13-10/h6,10H,3-5H2,1-2H3. The van der Waals surface area contributed by atoms with Crippen LogP contribution in [0.5, 0.6) is 0 Å². The molecule has 2 heterocycles. The average Bonchev–Trinajstić information content (AvgIpc) is 2.70. The first-order valence-electron chi connectivity index (χ1n) is 4.91. The zero-order valence-electron chi connectivity index (χ0n) is 8.50. The maximum absolute atomic E-state index is 11.2. The smallest absolute Gasteiger partial charge is 0.163 e. The van der Waals surface area contributed by atoms with Gasteiger partial charge in [-0.1, -0.05) is 0 Å². The van der Waals surface area contributed by atoms with E-state index in [1.807, 2.05) is 13.0 Å². The molecule has 0 aliphatic carbocycles. The largest absolute Gasteiger partial charge is 0.463 e. The lowest BCUT2D eigenvalue weighted by Crippen LogP contribution is -1.93. The molecule has 1 aromatic heterocycles. The van der Waals surface area contributed by atoms with Crippen molar-refractivity contribution in [1.82, 2.24) is 0 Å². The molecule has 3 heteroatoms. The van der Waals surface area contributed by atoms with E-state index in [9.17, 15) is 4.79 Å². The van der Waals surface area contributed by atoms with Crippen LogP contribution in [0.2, 0.25) is 0 Å². The monoisotopic (exact) mass is 194 g/mol. The van der Waals surface area contributed by atoms with Gasteiger partial charge in [0.05, 0.1) is 5.56 Å². The van der Waals surface area contributed by atoms with Crippen LogP contribution in [-0.2, 0) is 4.74 Å². The van der Waals surface area contributed by atoms with E-state index >= 15 is 0 Å². The Morgan fingerprint density at radius 1 is 1.57 bits per heavy atom. The summed E-state index contributed by atoms with van der Waals surface area (Å²) >= 11 is 0. The van der Waals surface area contributed by atoms with Gasteiger partial charge in [0.2, 0.25) is 0 Å². The number of rotatable bonds is 2. The molecule has 0 saturated carbocycles. The van der Waals surface area contributed by atoms with Gasteiger partial charge >= 0.3 is 0 Å². The number of hydrogen-bond acceptors (Lipinski definition) is 3. The van der Waals surface area contributed by atoms with Gasteiger partial charge in [-0.2, -0.15) is 0 Å². The summed E-state index contributed by atoms with van der Waals surface area (Å²) in [5, 5.41) is 0. The third kappa shape index (κ3) is 1.60. The van der Waals surface area contributed by atoms with Crippen LogP contribution in [0.25, 0.3) is 0 Å². The van der Waals surface area contributed by atoms with Gasteiger partial charge in [0.1, 0.15) is 17.6 Å². The van der Waals surface area contributed by atoms with Crippen molar-refractivity contribution < 1.29 is 13.9 Å². The Bertz CT molecular complexity index is 345. The molecule has 0 aromatic carbocycles. The second-order valence-electron chi connectivity index (χ2n) is 3.68. The summed E-state index contributed by atoms with van der Waals surface area (Å²) in [6, 6.07) is 1.81. The van der Waals surface area contributed by atoms with E-state index in [4.69, 9.17) is 9.15 Å². The van der Waals surface area contributed by atoms with Crippen molar-refractivity contribution in [2.75, 3.05) is 6.61 Å². The molecule has 0 bridgehead atoms. The van der Waals surface area contributed by atoms with Crippen molar-refractivity contribution in [3.8, 4) is 0 Å². The molecule has 0 radical (unpaired) electrons. The molecule has 0 spiro atoms. The first-order valence-corrected chi connectivity index (χ1v) is 4.91. The van der Waals surface area contributed by atoms with Crippen LogP contribution in [0.4, 0.5) is 0 Å². The number of furan rings is 1. The van der Waals surface area contributed by atoms with Crippen molar-refractivity contribution in [3.63, 3.8) is 0 Å². The Morgan fingerprint density at radius 2 is 2.36 bits per heavy atom. The number of carbonyl (C=O) groups is 1. The van der Waals surface area contributed by atoms with Gasteiger partial charge in [-0.05, 0) is 32.8 Å². The number of Topliss-reactive ketones (excluding diaryl/α,β-unsaturated/α-hetero) is 1. The summed E-state index contributed by atoms with van der Waals surface area (Å²) < 4.78 is 11.0. The summed E-state index contributed by atoms with van der Waals surface area (Å²) in [6.07, 6.45) is 2.12. The number of aryl methyl sites for hydroxylation is 1. The summed E-state index contributed by atoms with van der Waals surface area (Å²) in [5.41, 5.74) is 0.676. The summed E-state index contributed by atoms with van der Waals surface area (Å²) in [7, 11) is 0. The molecule has 1 unspecified atom stereocenters. The van der Waals surface area contributed by atoms with E-state index in [0.717, 1.165) is 25.2 Å². The summed E-state index contributed by atoms with van der Waals surface area (Å²) in [5.74, 6) is 1.55. The van der Waals surface area contributed by atoms with Crippen LogP contribution in [0.3, 0.4) is 0 Å². The molecule has 1 atom stereocenters. The van der Waals surface area contributed by atoms with Gasteiger partial charge in [-0.25, -0.2) is 0 Å². The fraction of sp³-hybridized carbons (Fsp3) is 0.545. The molecular weight excluding hydrogens is 180 g/mol. The highest BCUT2D eigenvalue weighted by Crippen LogP contribution is 2.31. The van der Waals surface area contributed by atoms with Crippen LogP contribution in [-0.4, -0.2) is 12.4 Å². The van der Waals surface area contributed by atoms with Crippen molar-refractivity contribution in [2.45, 2.75) is 32.8 Å². The third-order valence-corrected chi connectivity index (χ3v) is 2.56. The maximum atomic E-state index is 11.2. The predicted octanol–water partition coefficient (Wildman–Crippen LogP) is 2.64. The van der Waals surface area contributed by atoms with E-state index in [1.165, 1.54) is 0 Å². The second kappa shape index (κ2) is 3.58. The van der Waals surface area contributed by atoms with E-state index < -0.39 is 0 Å². The highest BCUT2D eigenvalue weighted by atomic mass is 16.5. The van der Waals surface area contributed by atoms with Gasteiger partial charge in [-0.3, -0.25) is 4.79 Å². The third-order valence-electron chi connectivity index (χ3n) is 2.56. The van der Waals surface area contributed by atoms with Gasteiger partial charge < -0.3 is 9.15 Å². The lowest BCUT2D eigenvalue weighted by molar-refractivity contribution is 0.0928. The molecule has 1 saturated heterocycles. The summed E-state index contributed by atoms with van der Waals surface area (Å²) in [4.78, 5) is 11.2. The molecule has 0 amide bonds. The van der Waals surface area contributed by atoms with Gasteiger partial charge in [-0.15, -0.1) is 0 Å². The molecule has 1 aromatic rings. The van der Waals surface area contributed by atoms with Gasteiger partial charge in [0, 0.05) is 6.61 Å². The highest BCUT2D eigenvalue weighted by molar-refractivity contribution is 5.95. The molecular formula is C11H14O3. The van der Waals surface area contributed by atoms with Crippen molar-refractivity contribution >= 4 is 5.78 Å². The minimum Gasteiger partial charge on any atom is -0.463 e. The lowest BCUT2D eigenvalue weighted by Gasteiger charge is -2.03. The van der Waals surface area contributed by atoms with E-state index in [-0.39, 0.29) is 11.9 Å². The normalized spacial score (nSPS) is 21.4. The van der Waals surface area contributed by atoms with E-state index in [1.54, 1.807) is 6.92 Å². The SMILES string of the molecule is CC(=O)c1cc(C2CCCO2)oc1C. The first kappa shape index (κ1) is 9.46. The fourth-order valence-corrected chi connectivity index (χ4v) is 1.82. The zero-order valence-corrected chi connectivity index (χ0v) is 8.50. The zero-order chi connectivity index (χ0) is 10.1. The number of ketones is 1. The van der Waals surface area contributed by atoms with E-state index in [0.29, 0.717) is 11.3 Å². The van der Waals surface area contributed by atoms with Crippen LogP contribution in [0.1, 0.15) is 47.7 Å². The molecule has 1 aliphatic heterocycles. The van der Waals surface area contributed by atoms with Crippen LogP contribution in [0, 0.1) is 6.92 Å². The van der Waals surface area contributed by atoms with Crippen LogP contribution in [0.15, 0.2) is 10.5 Å².